The first kappa shape index (κ1) is 63.0. The molecule has 0 radical (unpaired) electrons. The van der Waals surface area contributed by atoms with Gasteiger partial charge in [-0.25, -0.2) is 50.9 Å². The minimum absolute atomic E-state index is 0.176. The van der Waals surface area contributed by atoms with Crippen LogP contribution in [0.2, 0.25) is 0 Å². The van der Waals surface area contributed by atoms with E-state index in [2.05, 4.69) is 65.3 Å². The number of sulfonamides is 1. The summed E-state index contributed by atoms with van der Waals surface area (Å²) < 4.78 is 93.9. The monoisotopic (exact) mass is 1190 g/mol. The standard InChI is InChI=1S/C27H27F2N5O.C25H25F2N3O2.C7H10N2O2S.C5H6N2/c1-2-18-15-30-27(31-16-18)34-11-8-19(9-12-34)17-35-26-23(28)13-22(14-24(26)29)20-3-5-21(6-4-20)25-7-10-32-33-25;1-2-17-13-28-25(29-14-17)30-9-7-19(8-10-30)16-32-24-22(26)11-21(12-23(24)27)20-5-3-18(15-31)4-6-20;1-6-2-4-7(5-3-6)12(10,11)9-8;1-2-7-4-3-6-5-7/h3-6,10,13-16,19H,2,7-9,11-12,17H2,1H3;3-6,11-15,19H,2,7-10,16H2,1H3;2-5,9H,8H2,1H3;2-5H,1H2. The van der Waals surface area contributed by atoms with E-state index in [1.807, 2.05) is 62.2 Å². The molecule has 0 spiro atoms. The van der Waals surface area contributed by atoms with Crippen LogP contribution in [-0.4, -0.2) is 95.5 Å². The Hall–Kier alpha value is -8.99. The number of nitrogens with two attached hydrogens (primary N) is 1. The number of hydrogen-bond acceptors (Lipinski definition) is 15. The van der Waals surface area contributed by atoms with Crippen LogP contribution in [0.15, 0.2) is 162 Å². The number of aryl methyl sites for hydroxylation is 3. The highest BCUT2D eigenvalue weighted by Gasteiger charge is 2.25. The molecule has 8 aromatic rings. The van der Waals surface area contributed by atoms with E-state index in [0.717, 1.165) is 116 Å². The van der Waals surface area contributed by atoms with Crippen LogP contribution in [0, 0.1) is 42.0 Å². The zero-order valence-electron chi connectivity index (χ0n) is 48.1. The first-order chi connectivity index (χ1) is 41.7. The number of hydrogen-bond donors (Lipinski definition) is 2. The Bertz CT molecular complexity index is 3610. The molecule has 11 rings (SSSR count). The van der Waals surface area contributed by atoms with Crippen LogP contribution in [0.5, 0.6) is 11.5 Å². The fourth-order valence-electron chi connectivity index (χ4n) is 9.34. The number of nitrogens with zero attached hydrogens (tertiary/aromatic N) is 10. The number of halogens is 4. The lowest BCUT2D eigenvalue weighted by Crippen LogP contribution is -2.36. The van der Waals surface area contributed by atoms with E-state index in [4.69, 9.17) is 15.3 Å². The maximum Gasteiger partial charge on any atom is 0.253 e. The number of ether oxygens (including phenoxy) is 2. The summed E-state index contributed by atoms with van der Waals surface area (Å²) >= 11 is 0. The van der Waals surface area contributed by atoms with E-state index in [9.17, 15) is 30.8 Å². The molecular weight excluding hydrogens is 1120 g/mol. The summed E-state index contributed by atoms with van der Waals surface area (Å²) in [6.45, 7) is 13.2. The topological polar surface area (TPSA) is 208 Å². The third-order valence-electron chi connectivity index (χ3n) is 14.6. The average Bonchev–Trinajstić information content (AvgIpc) is 4.41. The molecule has 3 aromatic heterocycles. The molecule has 6 heterocycles. The quantitative estimate of drug-likeness (QED) is 0.0377. The zero-order valence-corrected chi connectivity index (χ0v) is 48.9. The summed E-state index contributed by atoms with van der Waals surface area (Å²) in [5.74, 6) is 3.18. The molecule has 3 aliphatic heterocycles. The number of hydrazine groups is 1. The van der Waals surface area contributed by atoms with Gasteiger partial charge in [-0.1, -0.05) is 86.7 Å². The van der Waals surface area contributed by atoms with Gasteiger partial charge in [0.05, 0.1) is 30.1 Å². The summed E-state index contributed by atoms with van der Waals surface area (Å²) in [5, 5.41) is 7.94. The molecule has 86 heavy (non-hydrogen) atoms. The highest BCUT2D eigenvalue weighted by molar-refractivity contribution is 7.89. The summed E-state index contributed by atoms with van der Waals surface area (Å²) in [6, 6.07) is 25.6. The van der Waals surface area contributed by atoms with Gasteiger partial charge in [-0.15, -0.1) is 0 Å². The second-order valence-corrected chi connectivity index (χ2v) is 22.2. The summed E-state index contributed by atoms with van der Waals surface area (Å²) in [4.78, 5) is 38.5. The normalized spacial score (nSPS) is 14.2. The van der Waals surface area contributed by atoms with Crippen LogP contribution in [0.3, 0.4) is 0 Å². The molecule has 17 nitrogen and oxygen atoms in total. The fourth-order valence-corrected chi connectivity index (χ4v) is 9.97. The van der Waals surface area contributed by atoms with Crippen LogP contribution in [0.25, 0.3) is 28.5 Å². The van der Waals surface area contributed by atoms with Crippen molar-refractivity contribution >= 4 is 46.3 Å². The molecule has 0 bridgehead atoms. The number of carbonyl (C=O) groups excluding carboxylic acids is 1. The van der Waals surface area contributed by atoms with Gasteiger partial charge in [-0.3, -0.25) is 10.6 Å². The maximum absolute atomic E-state index is 14.8. The molecule has 0 unspecified atom stereocenters. The third-order valence-corrected chi connectivity index (χ3v) is 15.8. The molecule has 0 aliphatic carbocycles. The van der Waals surface area contributed by atoms with Gasteiger partial charge in [0.1, 0.15) is 6.29 Å². The molecule has 22 heteroatoms. The van der Waals surface area contributed by atoms with Gasteiger partial charge in [0.2, 0.25) is 11.9 Å². The van der Waals surface area contributed by atoms with Crippen molar-refractivity contribution in [2.45, 2.75) is 70.6 Å². The van der Waals surface area contributed by atoms with E-state index in [1.54, 1.807) is 70.7 Å². The lowest BCUT2D eigenvalue weighted by molar-refractivity contribution is 0.112. The van der Waals surface area contributed by atoms with Crippen molar-refractivity contribution in [3.05, 3.63) is 198 Å². The predicted octanol–water partition coefficient (Wildman–Crippen LogP) is 11.7. The van der Waals surface area contributed by atoms with Crippen LogP contribution in [0.4, 0.5) is 29.5 Å². The predicted molar refractivity (Wildman–Crippen MR) is 327 cm³/mol. The largest absolute Gasteiger partial charge is 0.487 e. The van der Waals surface area contributed by atoms with Gasteiger partial charge in [0, 0.05) is 87.8 Å². The van der Waals surface area contributed by atoms with E-state index in [0.29, 0.717) is 28.7 Å². The lowest BCUT2D eigenvalue weighted by Gasteiger charge is -2.31. The van der Waals surface area contributed by atoms with Crippen molar-refractivity contribution in [3.8, 4) is 33.8 Å². The van der Waals surface area contributed by atoms with Gasteiger partial charge < -0.3 is 23.8 Å². The number of nitrogens with one attached hydrogen (secondary N) is 1. The van der Waals surface area contributed by atoms with Gasteiger partial charge >= 0.3 is 0 Å². The molecule has 3 N–H and O–H groups in total. The molecule has 0 amide bonds. The Kier molecular flexibility index (Phi) is 22.5. The number of carbonyl (C=O) groups is 1. The Morgan fingerprint density at radius 2 is 1.09 bits per heavy atom. The first-order valence-corrected chi connectivity index (χ1v) is 29.6. The smallest absolute Gasteiger partial charge is 0.253 e. The van der Waals surface area contributed by atoms with E-state index in [1.165, 1.54) is 36.4 Å². The molecular formula is C64H68F4N12O5S. The maximum atomic E-state index is 14.8. The Labute approximate surface area is 498 Å². The highest BCUT2D eigenvalue weighted by atomic mass is 32.2. The van der Waals surface area contributed by atoms with Gasteiger partial charge in [-0.05, 0) is 133 Å². The lowest BCUT2D eigenvalue weighted by atomic mass is 9.98. The van der Waals surface area contributed by atoms with E-state index >= 15 is 0 Å². The molecule has 0 atom stereocenters. The number of aldehydes is 1. The number of imidazole rings is 1. The van der Waals surface area contributed by atoms with Crippen molar-refractivity contribution in [2.75, 3.05) is 49.2 Å². The second-order valence-electron chi connectivity index (χ2n) is 20.5. The third kappa shape index (κ3) is 17.3. The summed E-state index contributed by atoms with van der Waals surface area (Å²) in [7, 11) is -3.49. The molecule has 0 saturated carbocycles. The molecule has 448 valence electrons. The summed E-state index contributed by atoms with van der Waals surface area (Å²) in [5.41, 5.74) is 7.76. The van der Waals surface area contributed by atoms with Crippen molar-refractivity contribution in [1.29, 1.82) is 0 Å². The van der Waals surface area contributed by atoms with Crippen molar-refractivity contribution < 1.29 is 40.2 Å². The van der Waals surface area contributed by atoms with E-state index < -0.39 is 33.3 Å². The second kappa shape index (κ2) is 30.7. The number of rotatable bonds is 17. The molecule has 3 aliphatic rings. The van der Waals surface area contributed by atoms with Crippen molar-refractivity contribution in [2.24, 2.45) is 27.9 Å². The van der Waals surface area contributed by atoms with Gasteiger partial charge in [-0.2, -0.15) is 15.0 Å². The van der Waals surface area contributed by atoms with Crippen LogP contribution < -0.4 is 29.9 Å². The number of aromatic nitrogens is 6. The Morgan fingerprint density at radius 1 is 0.651 bits per heavy atom. The van der Waals surface area contributed by atoms with Crippen LogP contribution >= 0.6 is 0 Å². The SMILES string of the molecule is C=Cn1ccnc1.CCc1cnc(N2CCC(COc3c(F)cc(-c4ccc(C5=NN=CC5)cc4)cc3F)CC2)nc1.CCc1cnc(N2CCC(COc3c(F)cc(-c4ccc(C=O)cc4)cc3F)CC2)nc1.Cc1ccc(S(=O)(=O)NN)cc1. The minimum atomic E-state index is -3.49. The van der Waals surface area contributed by atoms with Gasteiger partial charge in [0.15, 0.2) is 34.8 Å². The summed E-state index contributed by atoms with van der Waals surface area (Å²) in [6.07, 6.45) is 22.7. The average molecular weight is 1190 g/mol. The highest BCUT2D eigenvalue weighted by Crippen LogP contribution is 2.33. The fraction of sp³-hybridized carbons (Fsp3) is 0.281. The minimum Gasteiger partial charge on any atom is -0.487 e. The molecule has 5 aromatic carbocycles. The number of piperidine rings is 2. The molecule has 2 saturated heterocycles. The van der Waals surface area contributed by atoms with Crippen molar-refractivity contribution in [1.82, 2.24) is 34.3 Å². The number of benzene rings is 5. The Balaban J connectivity index is 0.000000172. The number of anilines is 2. The first-order valence-electron chi connectivity index (χ1n) is 28.2. The zero-order chi connectivity index (χ0) is 61.0. The Morgan fingerprint density at radius 3 is 1.45 bits per heavy atom. The van der Waals surface area contributed by atoms with Gasteiger partial charge in [0.25, 0.3) is 10.0 Å². The van der Waals surface area contributed by atoms with E-state index in [-0.39, 0.29) is 41.4 Å². The van der Waals surface area contributed by atoms with Crippen molar-refractivity contribution in [3.63, 3.8) is 0 Å². The van der Waals surface area contributed by atoms with Crippen LogP contribution in [-0.2, 0) is 22.9 Å². The van der Waals surface area contributed by atoms with Crippen LogP contribution in [0.1, 0.15) is 78.6 Å². The molecule has 2 fully saturated rings.